The number of hydrogen-bond acceptors (Lipinski definition) is 8. The Labute approximate surface area is 225 Å². The number of nitrogens with zero attached hydrogens (tertiary/aromatic N) is 4. The Morgan fingerprint density at radius 1 is 0.861 bits per heavy atom. The summed E-state index contributed by atoms with van der Waals surface area (Å²) in [7, 11) is 7.38. The Kier molecular flexibility index (Phi) is 7.86. The third kappa shape index (κ3) is 4.50. The van der Waals surface area contributed by atoms with Crippen LogP contribution >= 0.6 is 40.4 Å². The molecular weight excluding hydrogens is 572 g/mol. The standard InChI is InChI=1S/C23H27BrN4O6S2/c1-10(2)34-17-12(24)8-11(9-13(17)33-7)14(15-18(29)25(3)22(35)26(4)19(15)30)16-20(31)27(5)23(36)28(6)21(16)32/h8-10,14,29,31H,1-7H3. The maximum absolute atomic E-state index is 13.5. The molecule has 2 heterocycles. The van der Waals surface area contributed by atoms with Gasteiger partial charge in [-0.1, -0.05) is 0 Å². The van der Waals surface area contributed by atoms with Gasteiger partial charge in [-0.2, -0.15) is 0 Å². The van der Waals surface area contributed by atoms with Crippen molar-refractivity contribution in [3.8, 4) is 23.3 Å². The van der Waals surface area contributed by atoms with Gasteiger partial charge < -0.3 is 19.7 Å². The van der Waals surface area contributed by atoms with Gasteiger partial charge in [-0.25, -0.2) is 0 Å². The van der Waals surface area contributed by atoms with Crippen LogP contribution in [0.5, 0.6) is 23.3 Å². The van der Waals surface area contributed by atoms with E-state index in [1.54, 1.807) is 12.1 Å². The van der Waals surface area contributed by atoms with Crippen molar-refractivity contribution in [2.45, 2.75) is 25.9 Å². The number of hydrogen-bond donors (Lipinski definition) is 2. The third-order valence-electron chi connectivity index (χ3n) is 5.85. The minimum atomic E-state index is -1.23. The van der Waals surface area contributed by atoms with Crippen molar-refractivity contribution in [3.05, 3.63) is 63.5 Å². The van der Waals surface area contributed by atoms with Crippen molar-refractivity contribution in [2.24, 2.45) is 28.2 Å². The number of benzene rings is 1. The second-order valence-corrected chi connectivity index (χ2v) is 10.1. The van der Waals surface area contributed by atoms with Crippen LogP contribution in [0.3, 0.4) is 0 Å². The zero-order chi connectivity index (χ0) is 27.2. The van der Waals surface area contributed by atoms with E-state index < -0.39 is 28.8 Å². The van der Waals surface area contributed by atoms with E-state index in [0.29, 0.717) is 21.5 Å². The van der Waals surface area contributed by atoms with Gasteiger partial charge in [0.15, 0.2) is 21.0 Å². The molecule has 0 aliphatic carbocycles. The fourth-order valence-electron chi connectivity index (χ4n) is 3.96. The summed E-state index contributed by atoms with van der Waals surface area (Å²) < 4.78 is 16.9. The maximum Gasteiger partial charge on any atom is 0.262 e. The molecule has 0 radical (unpaired) electrons. The molecule has 0 saturated carbocycles. The molecule has 194 valence electrons. The summed E-state index contributed by atoms with van der Waals surface area (Å²) in [5, 5.41) is 22.2. The molecule has 36 heavy (non-hydrogen) atoms. The monoisotopic (exact) mass is 598 g/mol. The first-order valence-corrected chi connectivity index (χ1v) is 12.4. The molecule has 10 nitrogen and oxygen atoms in total. The van der Waals surface area contributed by atoms with Crippen LogP contribution in [0, 0.1) is 9.54 Å². The number of aromatic nitrogens is 4. The first-order chi connectivity index (χ1) is 16.7. The molecule has 0 amide bonds. The lowest BCUT2D eigenvalue weighted by molar-refractivity contribution is 0.228. The number of halogens is 1. The van der Waals surface area contributed by atoms with Gasteiger partial charge >= 0.3 is 0 Å². The van der Waals surface area contributed by atoms with Crippen molar-refractivity contribution in [1.29, 1.82) is 0 Å². The lowest BCUT2D eigenvalue weighted by Crippen LogP contribution is -2.33. The minimum Gasteiger partial charge on any atom is -0.494 e. The van der Waals surface area contributed by atoms with Crippen LogP contribution in [0.2, 0.25) is 0 Å². The molecule has 3 rings (SSSR count). The van der Waals surface area contributed by atoms with E-state index in [-0.39, 0.29) is 26.8 Å². The number of rotatable bonds is 6. The van der Waals surface area contributed by atoms with Gasteiger partial charge in [0, 0.05) is 28.2 Å². The first-order valence-electron chi connectivity index (χ1n) is 10.8. The third-order valence-corrected chi connectivity index (χ3v) is 7.54. The van der Waals surface area contributed by atoms with Crippen LogP contribution in [0.1, 0.15) is 36.5 Å². The molecule has 0 fully saturated rings. The molecule has 2 N–H and O–H groups in total. The summed E-state index contributed by atoms with van der Waals surface area (Å²) >= 11 is 14.0. The summed E-state index contributed by atoms with van der Waals surface area (Å²) in [6.07, 6.45) is -0.165. The fraction of sp³-hybridized carbons (Fsp3) is 0.391. The van der Waals surface area contributed by atoms with Crippen LogP contribution < -0.4 is 20.6 Å². The smallest absolute Gasteiger partial charge is 0.262 e. The normalized spacial score (nSPS) is 11.4. The maximum atomic E-state index is 13.5. The Morgan fingerprint density at radius 2 is 1.31 bits per heavy atom. The largest absolute Gasteiger partial charge is 0.494 e. The molecule has 13 heteroatoms. The summed E-state index contributed by atoms with van der Waals surface area (Å²) in [4.78, 5) is 27.0. The van der Waals surface area contributed by atoms with Gasteiger partial charge in [0.2, 0.25) is 11.8 Å². The predicted octanol–water partition coefficient (Wildman–Crippen LogP) is 3.37. The zero-order valence-corrected chi connectivity index (χ0v) is 24.0. The summed E-state index contributed by atoms with van der Waals surface area (Å²) in [5.41, 5.74) is -1.23. The molecule has 0 saturated heterocycles. The average Bonchev–Trinajstić information content (AvgIpc) is 2.83. The molecule has 0 aliphatic heterocycles. The first kappa shape index (κ1) is 27.7. The Bertz CT molecular complexity index is 1520. The van der Waals surface area contributed by atoms with Crippen molar-refractivity contribution >= 4 is 40.4 Å². The van der Waals surface area contributed by atoms with Gasteiger partial charge in [0.25, 0.3) is 11.1 Å². The minimum absolute atomic E-state index is 0.0722. The molecule has 0 bridgehead atoms. The number of aromatic hydroxyl groups is 2. The Morgan fingerprint density at radius 3 is 1.69 bits per heavy atom. The molecule has 0 aliphatic rings. The Balaban J connectivity index is 2.58. The summed E-state index contributed by atoms with van der Waals surface area (Å²) in [6.45, 7) is 3.72. The van der Waals surface area contributed by atoms with Crippen molar-refractivity contribution in [1.82, 2.24) is 18.3 Å². The average molecular weight is 600 g/mol. The van der Waals surface area contributed by atoms with E-state index in [0.717, 1.165) is 0 Å². The van der Waals surface area contributed by atoms with Gasteiger partial charge in [-0.15, -0.1) is 0 Å². The van der Waals surface area contributed by atoms with Gasteiger partial charge in [-0.3, -0.25) is 27.9 Å². The van der Waals surface area contributed by atoms with E-state index in [4.69, 9.17) is 33.9 Å². The van der Waals surface area contributed by atoms with Crippen LogP contribution in [-0.4, -0.2) is 41.7 Å². The highest BCUT2D eigenvalue weighted by Crippen LogP contribution is 2.43. The molecule has 0 atom stereocenters. The highest BCUT2D eigenvalue weighted by Gasteiger charge is 2.33. The van der Waals surface area contributed by atoms with Crippen LogP contribution in [0.15, 0.2) is 26.2 Å². The topological polar surface area (TPSA) is 113 Å². The van der Waals surface area contributed by atoms with E-state index in [2.05, 4.69) is 15.9 Å². The van der Waals surface area contributed by atoms with Crippen LogP contribution in [0.25, 0.3) is 0 Å². The van der Waals surface area contributed by atoms with Crippen molar-refractivity contribution < 1.29 is 19.7 Å². The number of ether oxygens (including phenoxy) is 2. The number of methoxy groups -OCH3 is 1. The zero-order valence-electron chi connectivity index (χ0n) is 20.8. The van der Waals surface area contributed by atoms with Crippen molar-refractivity contribution in [2.75, 3.05) is 7.11 Å². The molecular formula is C23H27BrN4O6S2. The Hall–Kier alpha value is -2.90. The lowest BCUT2D eigenvalue weighted by atomic mass is 9.86. The van der Waals surface area contributed by atoms with Gasteiger partial charge in [-0.05, 0) is 71.9 Å². The molecule has 1 aromatic carbocycles. The predicted molar refractivity (Wildman–Crippen MR) is 144 cm³/mol. The van der Waals surface area contributed by atoms with Gasteiger partial charge in [0.05, 0.1) is 34.7 Å². The van der Waals surface area contributed by atoms with Crippen LogP contribution in [-0.2, 0) is 28.2 Å². The van der Waals surface area contributed by atoms with E-state index in [1.807, 2.05) is 13.8 Å². The van der Waals surface area contributed by atoms with E-state index in [9.17, 15) is 19.8 Å². The van der Waals surface area contributed by atoms with E-state index >= 15 is 0 Å². The van der Waals surface area contributed by atoms with E-state index in [1.165, 1.54) is 53.6 Å². The molecule has 3 aromatic rings. The summed E-state index contributed by atoms with van der Waals surface area (Å²) in [5.74, 6) is -1.39. The van der Waals surface area contributed by atoms with Gasteiger partial charge in [0.1, 0.15) is 0 Å². The molecule has 2 aromatic heterocycles. The fourth-order valence-corrected chi connectivity index (χ4v) is 4.85. The quantitative estimate of drug-likeness (QED) is 0.415. The summed E-state index contributed by atoms with van der Waals surface area (Å²) in [6, 6.07) is 3.24. The van der Waals surface area contributed by atoms with Crippen molar-refractivity contribution in [3.63, 3.8) is 0 Å². The highest BCUT2D eigenvalue weighted by atomic mass is 79.9. The second-order valence-electron chi connectivity index (χ2n) is 8.52. The van der Waals surface area contributed by atoms with Crippen LogP contribution in [0.4, 0.5) is 0 Å². The molecule has 0 unspecified atom stereocenters. The lowest BCUT2D eigenvalue weighted by Gasteiger charge is -2.24. The SMILES string of the molecule is COc1cc(C(c2c(O)n(C)c(=S)n(C)c2=O)c2c(O)n(C)c(=S)n(C)c2=O)cc(Br)c1OC(C)C. The molecule has 0 spiro atoms. The second kappa shape index (κ2) is 10.2. The highest BCUT2D eigenvalue weighted by molar-refractivity contribution is 9.10.